The van der Waals surface area contributed by atoms with Gasteiger partial charge < -0.3 is 0 Å². The minimum Gasteiger partial charge on any atom is -0.212 e. The molecule has 0 aliphatic heterocycles. The Balaban J connectivity index is 0. The van der Waals surface area contributed by atoms with Gasteiger partial charge in [0.1, 0.15) is 6.33 Å². The number of rotatable bonds is 3. The Labute approximate surface area is 86.2 Å². The highest BCUT2D eigenvalue weighted by molar-refractivity contribution is 4.96. The fraction of sp³-hybridized carbons (Fsp3) is 0.500. The predicted octanol–water partition coefficient (Wildman–Crippen LogP) is 4.84. The second-order valence-electron chi connectivity index (χ2n) is 2.47. The molecule has 0 radical (unpaired) electrons. The van der Waals surface area contributed by atoms with Gasteiger partial charge in [-0.3, -0.25) is 0 Å². The fourth-order valence-electron chi connectivity index (χ4n) is 0.274. The highest BCUT2D eigenvalue weighted by Crippen LogP contribution is 2.23. The summed E-state index contributed by atoms with van der Waals surface area (Å²) in [6.07, 6.45) is -6.13. The Hall–Kier alpha value is -1.08. The molecular weight excluding hydrogens is 248 g/mol. The number of alkyl halides is 4. The number of halogens is 8. The second-order valence-corrected chi connectivity index (χ2v) is 2.47. The van der Waals surface area contributed by atoms with Crippen molar-refractivity contribution in [3.8, 4) is 0 Å². The first-order chi connectivity index (χ1) is 7.11. The standard InChI is InChI=1S/2C4H4F4/c1-4(7,8)3(6)2-5;5-3(6)1-2-4(7)8/h2H,1H3;1,4H,2H2. The van der Waals surface area contributed by atoms with E-state index in [0.29, 0.717) is 0 Å². The molecule has 16 heavy (non-hydrogen) atoms. The van der Waals surface area contributed by atoms with Crippen LogP contribution in [0.4, 0.5) is 35.1 Å². The minimum atomic E-state index is -3.67. The Morgan fingerprint density at radius 2 is 1.62 bits per heavy atom. The molecule has 0 saturated heterocycles. The van der Waals surface area contributed by atoms with Crippen molar-refractivity contribution < 1.29 is 35.1 Å². The predicted molar refractivity (Wildman–Crippen MR) is 41.8 cm³/mol. The van der Waals surface area contributed by atoms with Gasteiger partial charge in [0.2, 0.25) is 6.43 Å². The molecule has 0 unspecified atom stereocenters. The molecule has 96 valence electrons. The van der Waals surface area contributed by atoms with Crippen LogP contribution >= 0.6 is 0 Å². The zero-order chi connectivity index (χ0) is 13.4. The number of hydrogen-bond acceptors (Lipinski definition) is 0. The summed E-state index contributed by atoms with van der Waals surface area (Å²) in [7, 11) is 0. The van der Waals surface area contributed by atoms with Crippen molar-refractivity contribution in [2.75, 3.05) is 0 Å². The third kappa shape index (κ3) is 12.9. The molecule has 8 heteroatoms. The van der Waals surface area contributed by atoms with Gasteiger partial charge in [-0.15, -0.1) is 0 Å². The lowest BCUT2D eigenvalue weighted by atomic mass is 10.4. The van der Waals surface area contributed by atoms with Gasteiger partial charge in [0.15, 0.2) is 5.83 Å². The van der Waals surface area contributed by atoms with Crippen molar-refractivity contribution in [3.05, 3.63) is 24.3 Å². The molecule has 0 fully saturated rings. The van der Waals surface area contributed by atoms with Gasteiger partial charge in [0.25, 0.3) is 12.0 Å². The molecule has 0 amide bonds. The molecule has 0 aromatic heterocycles. The maximum absolute atomic E-state index is 11.4. The summed E-state index contributed by atoms with van der Waals surface area (Å²) >= 11 is 0. The molecule has 0 aromatic rings. The van der Waals surface area contributed by atoms with Crippen LogP contribution in [-0.4, -0.2) is 12.3 Å². The third-order valence-electron chi connectivity index (χ3n) is 0.965. The molecule has 0 aliphatic carbocycles. The summed E-state index contributed by atoms with van der Waals surface area (Å²) in [5.41, 5.74) is 0. The van der Waals surface area contributed by atoms with Crippen LogP contribution in [-0.2, 0) is 0 Å². The monoisotopic (exact) mass is 256 g/mol. The van der Waals surface area contributed by atoms with E-state index in [-0.39, 0.29) is 13.0 Å². The first-order valence-electron chi connectivity index (χ1n) is 3.74. The average molecular weight is 256 g/mol. The molecule has 0 aromatic carbocycles. The minimum absolute atomic E-state index is 0.199. The van der Waals surface area contributed by atoms with Crippen molar-refractivity contribution in [2.24, 2.45) is 0 Å². The van der Waals surface area contributed by atoms with Gasteiger partial charge in [-0.1, -0.05) is 0 Å². The smallest absolute Gasteiger partial charge is 0.212 e. The molecule has 0 N–H and O–H groups in total. The summed E-state index contributed by atoms with van der Waals surface area (Å²) in [5.74, 6) is -5.72. The van der Waals surface area contributed by atoms with Crippen molar-refractivity contribution in [3.63, 3.8) is 0 Å². The Kier molecular flexibility index (Phi) is 8.79. The summed E-state index contributed by atoms with van der Waals surface area (Å²) in [4.78, 5) is 0. The topological polar surface area (TPSA) is 0 Å². The summed E-state index contributed by atoms with van der Waals surface area (Å²) in [6.45, 7) is 0.276. The SMILES string of the molecule is CC(F)(F)C(F)=CF.FC(F)=CCC(F)F. The van der Waals surface area contributed by atoms with Gasteiger partial charge in [0.05, 0.1) is 0 Å². The van der Waals surface area contributed by atoms with Crippen LogP contribution in [0.2, 0.25) is 0 Å². The Morgan fingerprint density at radius 3 is 1.69 bits per heavy atom. The molecule has 0 rings (SSSR count). The summed E-state index contributed by atoms with van der Waals surface area (Å²) in [5, 5.41) is 0. The highest BCUT2D eigenvalue weighted by Gasteiger charge is 2.27. The number of hydrogen-bond donors (Lipinski definition) is 0. The van der Waals surface area contributed by atoms with Crippen molar-refractivity contribution in [1.29, 1.82) is 0 Å². The molecular formula is C8H8F8. The van der Waals surface area contributed by atoms with Crippen LogP contribution in [0.5, 0.6) is 0 Å². The van der Waals surface area contributed by atoms with Gasteiger partial charge in [-0.2, -0.15) is 17.6 Å². The van der Waals surface area contributed by atoms with Crippen LogP contribution in [0.25, 0.3) is 0 Å². The van der Waals surface area contributed by atoms with Crippen LogP contribution < -0.4 is 0 Å². The van der Waals surface area contributed by atoms with Gasteiger partial charge in [-0.25, -0.2) is 17.6 Å². The van der Waals surface area contributed by atoms with Crippen LogP contribution in [0.1, 0.15) is 13.3 Å². The Bertz CT molecular complexity index is 233. The van der Waals surface area contributed by atoms with Crippen molar-refractivity contribution >= 4 is 0 Å². The molecule has 0 bridgehead atoms. The molecule has 0 saturated carbocycles. The van der Waals surface area contributed by atoms with Crippen molar-refractivity contribution in [1.82, 2.24) is 0 Å². The largest absolute Gasteiger partial charge is 0.298 e. The molecule has 0 heterocycles. The van der Waals surface area contributed by atoms with E-state index >= 15 is 0 Å². The lowest BCUT2D eigenvalue weighted by molar-refractivity contribution is 0.0367. The van der Waals surface area contributed by atoms with E-state index < -0.39 is 37.0 Å². The van der Waals surface area contributed by atoms with Gasteiger partial charge >= 0.3 is 0 Å². The van der Waals surface area contributed by atoms with E-state index in [2.05, 4.69) is 0 Å². The van der Waals surface area contributed by atoms with Crippen LogP contribution in [0, 0.1) is 0 Å². The lowest BCUT2D eigenvalue weighted by Crippen LogP contribution is -2.09. The van der Waals surface area contributed by atoms with E-state index in [1.54, 1.807) is 0 Å². The fourth-order valence-corrected chi connectivity index (χ4v) is 0.274. The number of allylic oxidation sites excluding steroid dienone is 2. The van der Waals surface area contributed by atoms with E-state index in [4.69, 9.17) is 0 Å². The normalized spacial score (nSPS) is 12.0. The summed E-state index contributed by atoms with van der Waals surface area (Å²) in [6, 6.07) is 0. The van der Waals surface area contributed by atoms with Gasteiger partial charge in [-0.05, 0) is 6.08 Å². The first-order valence-corrected chi connectivity index (χ1v) is 3.74. The van der Waals surface area contributed by atoms with Crippen LogP contribution in [0.3, 0.4) is 0 Å². The first kappa shape index (κ1) is 17.3. The second kappa shape index (κ2) is 8.12. The third-order valence-corrected chi connectivity index (χ3v) is 0.965. The van der Waals surface area contributed by atoms with E-state index in [1.807, 2.05) is 0 Å². The van der Waals surface area contributed by atoms with E-state index in [1.165, 1.54) is 0 Å². The maximum Gasteiger partial charge on any atom is 0.298 e. The molecule has 0 atom stereocenters. The maximum atomic E-state index is 11.4. The van der Waals surface area contributed by atoms with Crippen LogP contribution in [0.15, 0.2) is 24.3 Å². The zero-order valence-corrected chi connectivity index (χ0v) is 7.96. The highest BCUT2D eigenvalue weighted by atomic mass is 19.3. The lowest BCUT2D eigenvalue weighted by Gasteiger charge is -2.02. The molecule has 0 spiro atoms. The zero-order valence-electron chi connectivity index (χ0n) is 7.96. The van der Waals surface area contributed by atoms with E-state index in [9.17, 15) is 35.1 Å². The van der Waals surface area contributed by atoms with Gasteiger partial charge in [0, 0.05) is 13.3 Å². The molecule has 0 aliphatic rings. The average Bonchev–Trinajstić information content (AvgIpc) is 2.13. The summed E-state index contributed by atoms with van der Waals surface area (Å²) < 4.78 is 89.0. The molecule has 0 nitrogen and oxygen atoms in total. The van der Waals surface area contributed by atoms with Crippen molar-refractivity contribution in [2.45, 2.75) is 25.7 Å². The Morgan fingerprint density at radius 1 is 1.19 bits per heavy atom. The van der Waals surface area contributed by atoms with E-state index in [0.717, 1.165) is 0 Å². The quantitative estimate of drug-likeness (QED) is 0.633.